The predicted molar refractivity (Wildman–Crippen MR) is 198 cm³/mol. The number of nitrogens with one attached hydrogen (secondary N) is 5. The third-order valence-electron chi connectivity index (χ3n) is 8.63. The van der Waals surface area contributed by atoms with Crippen molar-refractivity contribution in [2.75, 3.05) is 12.4 Å². The number of fused-ring (bicyclic) bond motifs is 18. The van der Waals surface area contributed by atoms with Crippen LogP contribution in [0.3, 0.4) is 0 Å². The number of thiophene rings is 1. The highest BCUT2D eigenvalue weighted by Gasteiger charge is 2.32. The molecule has 2 aliphatic rings. The second-order valence-electron chi connectivity index (χ2n) is 12.6. The fraction of sp³-hybridized carbons (Fsp3) is 0.282. The number of amides is 5. The number of rotatable bonds is 8. The topological polar surface area (TPSA) is 192 Å². The number of anilines is 1. The van der Waals surface area contributed by atoms with Crippen LogP contribution >= 0.6 is 11.3 Å². The zero-order chi connectivity index (χ0) is 37.7. The van der Waals surface area contributed by atoms with E-state index in [0.717, 1.165) is 4.88 Å². The van der Waals surface area contributed by atoms with Gasteiger partial charge in [0.25, 0.3) is 0 Å². The molecule has 2 aliphatic heterocycles. The summed E-state index contributed by atoms with van der Waals surface area (Å²) in [6.07, 6.45) is -0.324. The summed E-state index contributed by atoms with van der Waals surface area (Å²) in [5, 5.41) is 25.5. The quantitative estimate of drug-likeness (QED) is 0.149. The van der Waals surface area contributed by atoms with E-state index in [9.17, 15) is 33.9 Å². The first-order chi connectivity index (χ1) is 25.6. The van der Waals surface area contributed by atoms with Gasteiger partial charge in [-0.3, -0.25) is 24.0 Å². The Labute approximate surface area is 310 Å². The van der Waals surface area contributed by atoms with Gasteiger partial charge in [0.1, 0.15) is 29.9 Å². The van der Waals surface area contributed by atoms with E-state index in [1.807, 2.05) is 17.5 Å². The number of carbonyl (C=O) groups is 6. The summed E-state index contributed by atoms with van der Waals surface area (Å²) >= 11 is 1.40. The molecule has 4 unspecified atom stereocenters. The van der Waals surface area contributed by atoms with Gasteiger partial charge in [-0.15, -0.1) is 11.3 Å². The average Bonchev–Trinajstić information content (AvgIpc) is 3.67. The zero-order valence-corrected chi connectivity index (χ0v) is 29.8. The number of carboxylic acids is 1. The number of hydrogen-bond acceptors (Lipinski definition) is 8. The lowest BCUT2D eigenvalue weighted by Gasteiger charge is -2.26. The monoisotopic (exact) mass is 739 g/mol. The van der Waals surface area contributed by atoms with Gasteiger partial charge in [-0.1, -0.05) is 60.7 Å². The van der Waals surface area contributed by atoms with Gasteiger partial charge >= 0.3 is 5.97 Å². The molecule has 0 saturated heterocycles. The Kier molecular flexibility index (Phi) is 13.3. The minimum absolute atomic E-state index is 0.0120. The minimum Gasteiger partial charge on any atom is -0.497 e. The average molecular weight is 740 g/mol. The summed E-state index contributed by atoms with van der Waals surface area (Å²) in [6, 6.07) is 21.0. The van der Waals surface area contributed by atoms with Crippen molar-refractivity contribution in [3.05, 3.63) is 118 Å². The van der Waals surface area contributed by atoms with Crippen LogP contribution in [0.15, 0.2) is 96.4 Å². The molecular weight excluding hydrogens is 699 g/mol. The first kappa shape index (κ1) is 38.2. The lowest BCUT2D eigenvalue weighted by Crippen LogP contribution is -2.59. The molecule has 0 saturated carbocycles. The maximum atomic E-state index is 14.2. The van der Waals surface area contributed by atoms with Crippen molar-refractivity contribution in [2.45, 2.75) is 62.7 Å². The van der Waals surface area contributed by atoms with Gasteiger partial charge in [-0.2, -0.15) is 0 Å². The molecule has 0 radical (unpaired) electrons. The first-order valence-electron chi connectivity index (χ1n) is 17.1. The molecule has 13 nitrogen and oxygen atoms in total. The van der Waals surface area contributed by atoms with E-state index in [2.05, 4.69) is 26.6 Å². The second-order valence-corrected chi connectivity index (χ2v) is 13.7. The summed E-state index contributed by atoms with van der Waals surface area (Å²) in [5.41, 5.74) is 2.35. The normalized spacial score (nSPS) is 20.5. The molecule has 2 bridgehead atoms. The fourth-order valence-electron chi connectivity index (χ4n) is 5.84. The Hall–Kier alpha value is -6.02. The number of aliphatic carboxylic acids is 1. The molecule has 4 aromatic rings. The van der Waals surface area contributed by atoms with Crippen LogP contribution in [-0.2, 0) is 54.5 Å². The summed E-state index contributed by atoms with van der Waals surface area (Å²) in [4.78, 5) is 81.1. The number of carboxylic acid groups (broad SMARTS) is 1. The zero-order valence-electron chi connectivity index (χ0n) is 29.0. The lowest BCUT2D eigenvalue weighted by atomic mass is 10.0. The van der Waals surface area contributed by atoms with E-state index in [-0.39, 0.29) is 38.5 Å². The molecule has 5 amide bonds. The molecular formula is C39H41N5O8S. The third-order valence-corrected chi connectivity index (χ3v) is 9.53. The van der Waals surface area contributed by atoms with Crippen molar-refractivity contribution in [3.8, 4) is 5.75 Å². The molecule has 3 heterocycles. The Morgan fingerprint density at radius 3 is 1.96 bits per heavy atom. The fourth-order valence-corrected chi connectivity index (χ4v) is 6.59. The molecule has 6 rings (SSSR count). The van der Waals surface area contributed by atoms with Gasteiger partial charge in [-0.05, 0) is 52.4 Å². The number of methoxy groups -OCH3 is 1. The van der Waals surface area contributed by atoms with E-state index in [1.165, 1.54) is 18.4 Å². The Morgan fingerprint density at radius 1 is 0.698 bits per heavy atom. The van der Waals surface area contributed by atoms with Crippen LogP contribution in [0.4, 0.5) is 5.69 Å². The van der Waals surface area contributed by atoms with Crippen molar-refractivity contribution < 1.29 is 38.6 Å². The largest absolute Gasteiger partial charge is 0.497 e. The van der Waals surface area contributed by atoms with Crippen molar-refractivity contribution in [1.29, 1.82) is 0 Å². The van der Waals surface area contributed by atoms with Gasteiger partial charge in [0.05, 0.1) is 7.11 Å². The molecule has 53 heavy (non-hydrogen) atoms. The summed E-state index contributed by atoms with van der Waals surface area (Å²) in [5.74, 6) is -3.82. The highest BCUT2D eigenvalue weighted by atomic mass is 32.1. The molecule has 4 atom stereocenters. The van der Waals surface area contributed by atoms with Crippen LogP contribution in [0.2, 0.25) is 0 Å². The number of ether oxygens (including phenoxy) is 1. The molecule has 1 aromatic heterocycles. The molecule has 6 N–H and O–H groups in total. The Morgan fingerprint density at radius 2 is 1.32 bits per heavy atom. The van der Waals surface area contributed by atoms with E-state index in [4.69, 9.17) is 4.74 Å². The SMILES string of the molecule is COc1cccc(CC2NC(=O)C(Cc3cccs3)NC(=O)CCC(=O)Nc3ccc(cc3)CC(C(=O)O)NC(=O)C(Cc3ccccc3)NC2=O)c1. The van der Waals surface area contributed by atoms with Crippen LogP contribution < -0.4 is 31.3 Å². The molecule has 3 aromatic carbocycles. The van der Waals surface area contributed by atoms with Crippen LogP contribution in [-0.4, -0.2) is 71.9 Å². The smallest absolute Gasteiger partial charge is 0.326 e. The maximum Gasteiger partial charge on any atom is 0.326 e. The highest BCUT2D eigenvalue weighted by molar-refractivity contribution is 7.09. The molecule has 0 aliphatic carbocycles. The van der Waals surface area contributed by atoms with Crippen molar-refractivity contribution in [1.82, 2.24) is 21.3 Å². The van der Waals surface area contributed by atoms with Gasteiger partial charge in [0.15, 0.2) is 0 Å². The highest BCUT2D eigenvalue weighted by Crippen LogP contribution is 2.17. The van der Waals surface area contributed by atoms with E-state index >= 15 is 0 Å². The molecule has 0 fully saturated rings. The Bertz CT molecular complexity index is 1900. The van der Waals surface area contributed by atoms with Crippen LogP contribution in [0.1, 0.15) is 34.4 Å². The number of benzene rings is 3. The first-order valence-corrected chi connectivity index (χ1v) is 18.0. The standard InChI is InChI=1S/C39H41N5O8S/c1-52-28-10-5-9-26(19-28)22-31-36(47)42-30(20-24-7-3-2-4-8-24)37(48)44-33(39(50)51)21-25-12-14-27(15-13-25)40-34(45)16-17-35(46)41-32(38(49)43-31)23-29-11-6-18-53-29/h2-15,18-19,30-33H,16-17,20-23H2,1H3,(H,40,45)(H,41,46)(H,42,47)(H,43,49)(H,44,48)(H,50,51). The summed E-state index contributed by atoms with van der Waals surface area (Å²) < 4.78 is 5.36. The van der Waals surface area contributed by atoms with Gasteiger partial charge in [0.2, 0.25) is 29.5 Å². The predicted octanol–water partition coefficient (Wildman–Crippen LogP) is 2.78. The minimum atomic E-state index is -1.35. The van der Waals surface area contributed by atoms with E-state index < -0.39 is 59.7 Å². The molecule has 0 spiro atoms. The van der Waals surface area contributed by atoms with Gasteiger partial charge in [0, 0.05) is 49.1 Å². The summed E-state index contributed by atoms with van der Waals surface area (Å²) in [7, 11) is 1.50. The second kappa shape index (κ2) is 18.5. The van der Waals surface area contributed by atoms with Crippen molar-refractivity contribution in [2.24, 2.45) is 0 Å². The maximum absolute atomic E-state index is 14.2. The third kappa shape index (κ3) is 11.5. The van der Waals surface area contributed by atoms with Crippen LogP contribution in [0.5, 0.6) is 5.75 Å². The van der Waals surface area contributed by atoms with Gasteiger partial charge < -0.3 is 36.4 Å². The van der Waals surface area contributed by atoms with Crippen molar-refractivity contribution in [3.63, 3.8) is 0 Å². The summed E-state index contributed by atoms with van der Waals surface area (Å²) in [6.45, 7) is 0. The number of hydrogen-bond donors (Lipinski definition) is 6. The lowest BCUT2D eigenvalue weighted by molar-refractivity contribution is -0.142. The molecule has 276 valence electrons. The number of carbonyl (C=O) groups excluding carboxylic acids is 5. The van der Waals surface area contributed by atoms with Crippen LogP contribution in [0.25, 0.3) is 0 Å². The Balaban J connectivity index is 1.51. The van der Waals surface area contributed by atoms with Crippen LogP contribution in [0, 0.1) is 0 Å². The van der Waals surface area contributed by atoms with E-state index in [0.29, 0.717) is 28.1 Å². The van der Waals surface area contributed by atoms with Gasteiger partial charge in [-0.25, -0.2) is 4.79 Å². The molecule has 14 heteroatoms. The van der Waals surface area contributed by atoms with E-state index in [1.54, 1.807) is 78.9 Å². The van der Waals surface area contributed by atoms with Crippen molar-refractivity contribution >= 4 is 52.5 Å².